The normalized spacial score (nSPS) is 11.4. The standard InChI is InChI=1S/C22H29N5O3/c1-14(2)11-26(13-17-10-18(25-30-17)16-8-6-5-7-9-16)19-20(23)27(12-15(3)4)22(29)24-21(19)28/h5-10,14-15H,11-13,23H2,1-4H3,(H,24,28,29). The van der Waals surface area contributed by atoms with E-state index in [0.29, 0.717) is 25.4 Å². The van der Waals surface area contributed by atoms with Gasteiger partial charge in [-0.1, -0.05) is 63.2 Å². The summed E-state index contributed by atoms with van der Waals surface area (Å²) in [4.78, 5) is 29.3. The van der Waals surface area contributed by atoms with Gasteiger partial charge in [0.2, 0.25) is 0 Å². The van der Waals surface area contributed by atoms with Crippen LogP contribution in [0.4, 0.5) is 11.5 Å². The number of aromatic amines is 1. The third-order valence-corrected chi connectivity index (χ3v) is 4.64. The lowest BCUT2D eigenvalue weighted by Gasteiger charge is -2.27. The first-order chi connectivity index (χ1) is 14.3. The smallest absolute Gasteiger partial charge is 0.330 e. The molecule has 0 fully saturated rings. The van der Waals surface area contributed by atoms with Crippen molar-refractivity contribution in [1.29, 1.82) is 0 Å². The lowest BCUT2D eigenvalue weighted by Crippen LogP contribution is -2.40. The number of nitrogens with two attached hydrogens (primary N) is 1. The molecular weight excluding hydrogens is 382 g/mol. The summed E-state index contributed by atoms with van der Waals surface area (Å²) >= 11 is 0. The summed E-state index contributed by atoms with van der Waals surface area (Å²) in [6, 6.07) is 11.6. The molecular formula is C22H29N5O3. The Kier molecular flexibility index (Phi) is 6.44. The van der Waals surface area contributed by atoms with Gasteiger partial charge in [-0.3, -0.25) is 14.3 Å². The summed E-state index contributed by atoms with van der Waals surface area (Å²) in [5.41, 5.74) is 7.27. The minimum atomic E-state index is -0.499. The number of nitrogens with zero attached hydrogens (tertiary/aromatic N) is 3. The summed E-state index contributed by atoms with van der Waals surface area (Å²) in [6.07, 6.45) is 0. The van der Waals surface area contributed by atoms with Crippen LogP contribution < -0.4 is 21.9 Å². The molecule has 0 aliphatic carbocycles. The maximum Gasteiger partial charge on any atom is 0.330 e. The first-order valence-corrected chi connectivity index (χ1v) is 10.1. The minimum Gasteiger partial charge on any atom is -0.383 e. The second kappa shape index (κ2) is 9.02. The van der Waals surface area contributed by atoms with Gasteiger partial charge >= 0.3 is 5.69 Å². The molecule has 2 heterocycles. The zero-order chi connectivity index (χ0) is 21.8. The largest absolute Gasteiger partial charge is 0.383 e. The molecule has 3 aromatic rings. The molecule has 0 spiro atoms. The van der Waals surface area contributed by atoms with Gasteiger partial charge in [-0.25, -0.2) is 4.79 Å². The minimum absolute atomic E-state index is 0.167. The van der Waals surface area contributed by atoms with Crippen molar-refractivity contribution in [3.8, 4) is 11.3 Å². The number of benzene rings is 1. The molecule has 0 aliphatic heterocycles. The Morgan fingerprint density at radius 3 is 2.47 bits per heavy atom. The van der Waals surface area contributed by atoms with Crippen LogP contribution in [-0.2, 0) is 13.1 Å². The first-order valence-electron chi connectivity index (χ1n) is 10.1. The molecule has 2 aromatic heterocycles. The maximum atomic E-state index is 12.7. The second-order valence-corrected chi connectivity index (χ2v) is 8.32. The van der Waals surface area contributed by atoms with Gasteiger partial charge in [0.15, 0.2) is 5.76 Å². The molecule has 0 radical (unpaired) electrons. The van der Waals surface area contributed by atoms with Gasteiger partial charge in [-0.2, -0.15) is 0 Å². The topological polar surface area (TPSA) is 110 Å². The fourth-order valence-corrected chi connectivity index (χ4v) is 3.43. The van der Waals surface area contributed by atoms with Crippen molar-refractivity contribution in [3.63, 3.8) is 0 Å². The predicted octanol–water partition coefficient (Wildman–Crippen LogP) is 3.09. The van der Waals surface area contributed by atoms with E-state index < -0.39 is 11.2 Å². The zero-order valence-electron chi connectivity index (χ0n) is 17.9. The van der Waals surface area contributed by atoms with E-state index in [2.05, 4.69) is 24.0 Å². The molecule has 3 N–H and O–H groups in total. The van der Waals surface area contributed by atoms with Gasteiger partial charge in [0.25, 0.3) is 5.56 Å². The third-order valence-electron chi connectivity index (χ3n) is 4.64. The van der Waals surface area contributed by atoms with Crippen molar-refractivity contribution in [2.75, 3.05) is 17.2 Å². The quantitative estimate of drug-likeness (QED) is 0.589. The number of aromatic nitrogens is 3. The van der Waals surface area contributed by atoms with Crippen molar-refractivity contribution < 1.29 is 4.52 Å². The third kappa shape index (κ3) is 4.82. The van der Waals surface area contributed by atoms with Crippen LogP contribution in [0, 0.1) is 11.8 Å². The number of nitrogen functional groups attached to an aromatic ring is 1. The van der Waals surface area contributed by atoms with Crippen LogP contribution in [0.1, 0.15) is 33.5 Å². The predicted molar refractivity (Wildman–Crippen MR) is 118 cm³/mol. The highest BCUT2D eigenvalue weighted by atomic mass is 16.5. The van der Waals surface area contributed by atoms with Crippen LogP contribution in [0.3, 0.4) is 0 Å². The van der Waals surface area contributed by atoms with E-state index in [4.69, 9.17) is 10.3 Å². The fourth-order valence-electron chi connectivity index (χ4n) is 3.43. The highest BCUT2D eigenvalue weighted by Gasteiger charge is 2.22. The van der Waals surface area contributed by atoms with E-state index in [9.17, 15) is 9.59 Å². The number of hydrogen-bond acceptors (Lipinski definition) is 6. The Morgan fingerprint density at radius 2 is 1.83 bits per heavy atom. The van der Waals surface area contributed by atoms with E-state index in [0.717, 1.165) is 11.3 Å². The van der Waals surface area contributed by atoms with E-state index in [-0.39, 0.29) is 23.3 Å². The highest BCUT2D eigenvalue weighted by molar-refractivity contribution is 5.63. The molecule has 1 aromatic carbocycles. The van der Waals surface area contributed by atoms with Gasteiger partial charge in [0.1, 0.15) is 17.2 Å². The number of hydrogen-bond donors (Lipinski definition) is 2. The lowest BCUT2D eigenvalue weighted by atomic mass is 10.1. The summed E-state index contributed by atoms with van der Waals surface area (Å²) in [5.74, 6) is 1.23. The molecule has 0 amide bonds. The molecule has 30 heavy (non-hydrogen) atoms. The van der Waals surface area contributed by atoms with Gasteiger partial charge < -0.3 is 15.2 Å². The SMILES string of the molecule is CC(C)CN(Cc1cc(-c2ccccc2)no1)c1c(N)n(CC(C)C)c(=O)[nH]c1=O. The number of anilines is 2. The van der Waals surface area contributed by atoms with Crippen molar-refractivity contribution in [2.45, 2.75) is 40.8 Å². The maximum absolute atomic E-state index is 12.7. The summed E-state index contributed by atoms with van der Waals surface area (Å²) < 4.78 is 6.96. The van der Waals surface area contributed by atoms with Gasteiger partial charge in [-0.15, -0.1) is 0 Å². The van der Waals surface area contributed by atoms with Crippen LogP contribution in [0.2, 0.25) is 0 Å². The van der Waals surface area contributed by atoms with Gasteiger partial charge in [0.05, 0.1) is 6.54 Å². The number of nitrogens with one attached hydrogen (secondary N) is 1. The highest BCUT2D eigenvalue weighted by Crippen LogP contribution is 2.24. The summed E-state index contributed by atoms with van der Waals surface area (Å²) in [7, 11) is 0. The molecule has 0 saturated heterocycles. The average Bonchev–Trinajstić information content (AvgIpc) is 3.13. The molecule has 3 rings (SSSR count). The van der Waals surface area contributed by atoms with E-state index >= 15 is 0 Å². The van der Waals surface area contributed by atoms with Crippen LogP contribution in [0.5, 0.6) is 0 Å². The Bertz CT molecular complexity index is 1100. The Labute approximate surface area is 175 Å². The fraction of sp³-hybridized carbons (Fsp3) is 0.409. The average molecular weight is 412 g/mol. The van der Waals surface area contributed by atoms with Gasteiger partial charge in [-0.05, 0) is 11.8 Å². The molecule has 0 unspecified atom stereocenters. The van der Waals surface area contributed by atoms with E-state index in [1.807, 2.05) is 55.1 Å². The van der Waals surface area contributed by atoms with E-state index in [1.165, 1.54) is 4.57 Å². The van der Waals surface area contributed by atoms with Crippen LogP contribution in [0.15, 0.2) is 50.5 Å². The Morgan fingerprint density at radius 1 is 1.13 bits per heavy atom. The monoisotopic (exact) mass is 411 g/mol. The van der Waals surface area contributed by atoms with Gasteiger partial charge in [0, 0.05) is 24.7 Å². The number of rotatable bonds is 8. The summed E-state index contributed by atoms with van der Waals surface area (Å²) in [5, 5.41) is 4.15. The Hall–Kier alpha value is -3.29. The second-order valence-electron chi connectivity index (χ2n) is 8.32. The van der Waals surface area contributed by atoms with Crippen molar-refractivity contribution in [2.24, 2.45) is 11.8 Å². The van der Waals surface area contributed by atoms with Crippen LogP contribution >= 0.6 is 0 Å². The molecule has 0 aliphatic rings. The van der Waals surface area contributed by atoms with Crippen LogP contribution in [0.25, 0.3) is 11.3 Å². The number of H-pyrrole nitrogens is 1. The molecule has 160 valence electrons. The Balaban J connectivity index is 1.99. The molecule has 8 heteroatoms. The zero-order valence-corrected chi connectivity index (χ0v) is 17.9. The van der Waals surface area contributed by atoms with Crippen molar-refractivity contribution in [1.82, 2.24) is 14.7 Å². The molecule has 8 nitrogen and oxygen atoms in total. The molecule has 0 saturated carbocycles. The lowest BCUT2D eigenvalue weighted by molar-refractivity contribution is 0.380. The van der Waals surface area contributed by atoms with Crippen molar-refractivity contribution >= 4 is 11.5 Å². The molecule has 0 atom stereocenters. The molecule has 0 bridgehead atoms. The van der Waals surface area contributed by atoms with E-state index in [1.54, 1.807) is 0 Å². The van der Waals surface area contributed by atoms with Crippen LogP contribution in [-0.4, -0.2) is 21.3 Å². The first kappa shape index (κ1) is 21.4. The summed E-state index contributed by atoms with van der Waals surface area (Å²) in [6.45, 7) is 9.38. The van der Waals surface area contributed by atoms with Crippen molar-refractivity contribution in [3.05, 3.63) is 63.0 Å².